The van der Waals surface area contributed by atoms with Crippen molar-refractivity contribution < 1.29 is 19.8 Å². The van der Waals surface area contributed by atoms with Gasteiger partial charge in [-0.15, -0.1) is 0 Å². The number of nitrogens with one attached hydrogen (secondary N) is 1. The molecule has 1 atom stereocenters. The predicted molar refractivity (Wildman–Crippen MR) is 98.3 cm³/mol. The summed E-state index contributed by atoms with van der Waals surface area (Å²) < 4.78 is 0. The first-order valence-electron chi connectivity index (χ1n) is 8.52. The fraction of sp³-hybridized carbons (Fsp3) is 0.300. The number of aliphatic hydroxyl groups excluding tert-OH is 1. The molecule has 0 aliphatic heterocycles. The van der Waals surface area contributed by atoms with Crippen LogP contribution in [0.15, 0.2) is 60.7 Å². The zero-order chi connectivity index (χ0) is 18.8. The number of nitrogens with zero attached hydrogens (tertiary/aromatic N) is 1. The average molecular weight is 356 g/mol. The molecule has 3 N–H and O–H groups in total. The maximum Gasteiger partial charge on any atom is 0.321 e. The summed E-state index contributed by atoms with van der Waals surface area (Å²) in [6, 6.07) is 17.8. The number of carbonyl (C=O) groups excluding carboxylic acids is 1. The van der Waals surface area contributed by atoms with Crippen molar-refractivity contribution >= 4 is 11.9 Å². The van der Waals surface area contributed by atoms with E-state index in [1.165, 1.54) is 0 Å². The van der Waals surface area contributed by atoms with Crippen LogP contribution < -0.4 is 5.32 Å². The summed E-state index contributed by atoms with van der Waals surface area (Å²) in [5.41, 5.74) is 1.88. The Morgan fingerprint density at radius 1 is 0.962 bits per heavy atom. The summed E-state index contributed by atoms with van der Waals surface area (Å²) >= 11 is 0. The van der Waals surface area contributed by atoms with Gasteiger partial charge in [-0.3, -0.25) is 14.5 Å². The monoisotopic (exact) mass is 356 g/mol. The second kappa shape index (κ2) is 10.3. The van der Waals surface area contributed by atoms with E-state index < -0.39 is 12.0 Å². The zero-order valence-electron chi connectivity index (χ0n) is 14.5. The van der Waals surface area contributed by atoms with Gasteiger partial charge in [0.15, 0.2) is 0 Å². The van der Waals surface area contributed by atoms with Gasteiger partial charge in [0.2, 0.25) is 5.91 Å². The first kappa shape index (κ1) is 19.6. The van der Waals surface area contributed by atoms with Gasteiger partial charge >= 0.3 is 5.97 Å². The van der Waals surface area contributed by atoms with Crippen molar-refractivity contribution in [2.24, 2.45) is 0 Å². The maximum atomic E-state index is 12.2. The Kier molecular flexibility index (Phi) is 7.79. The second-order valence-corrected chi connectivity index (χ2v) is 6.00. The van der Waals surface area contributed by atoms with Crippen LogP contribution in [0.4, 0.5) is 0 Å². The van der Waals surface area contributed by atoms with E-state index >= 15 is 0 Å². The summed E-state index contributed by atoms with van der Waals surface area (Å²) in [6.07, 6.45) is -0.172. The lowest BCUT2D eigenvalue weighted by molar-refractivity contribution is -0.146. The van der Waals surface area contributed by atoms with Gasteiger partial charge in [-0.2, -0.15) is 0 Å². The number of hydrogen-bond acceptors (Lipinski definition) is 4. The van der Waals surface area contributed by atoms with Gasteiger partial charge in [-0.05, 0) is 11.1 Å². The number of carboxylic acid groups (broad SMARTS) is 1. The molecule has 0 aliphatic rings. The van der Waals surface area contributed by atoms with Crippen molar-refractivity contribution in [3.63, 3.8) is 0 Å². The van der Waals surface area contributed by atoms with Crippen molar-refractivity contribution in [3.05, 3.63) is 71.8 Å². The molecule has 0 aliphatic carbocycles. The summed E-state index contributed by atoms with van der Waals surface area (Å²) in [6.45, 7) is 0.703. The van der Waals surface area contributed by atoms with E-state index in [0.717, 1.165) is 11.1 Å². The first-order valence-corrected chi connectivity index (χ1v) is 8.52. The molecule has 2 aromatic carbocycles. The largest absolute Gasteiger partial charge is 0.480 e. The van der Waals surface area contributed by atoms with Crippen LogP contribution in [0.3, 0.4) is 0 Å². The molecule has 0 radical (unpaired) electrons. The van der Waals surface area contributed by atoms with Crippen LogP contribution in [0.2, 0.25) is 0 Å². The van der Waals surface area contributed by atoms with Crippen molar-refractivity contribution in [2.75, 3.05) is 13.2 Å². The van der Waals surface area contributed by atoms with Gasteiger partial charge in [0.25, 0.3) is 0 Å². The standard InChI is InChI=1S/C20H24N2O4/c23-12-11-22(15-17-9-5-2-6-10-17)18(20(25)26)13-19(24)21-14-16-7-3-1-4-8-16/h1-10,18,23H,11-15H2,(H,21,24)(H,25,26). The average Bonchev–Trinajstić information content (AvgIpc) is 2.65. The topological polar surface area (TPSA) is 89.9 Å². The minimum Gasteiger partial charge on any atom is -0.480 e. The molecule has 0 spiro atoms. The van der Waals surface area contributed by atoms with E-state index in [9.17, 15) is 19.8 Å². The maximum absolute atomic E-state index is 12.2. The highest BCUT2D eigenvalue weighted by molar-refractivity contribution is 5.84. The van der Waals surface area contributed by atoms with Crippen LogP contribution >= 0.6 is 0 Å². The lowest BCUT2D eigenvalue weighted by Crippen LogP contribution is -2.45. The smallest absolute Gasteiger partial charge is 0.321 e. The van der Waals surface area contributed by atoms with Gasteiger partial charge in [-0.25, -0.2) is 0 Å². The van der Waals surface area contributed by atoms with E-state index in [0.29, 0.717) is 13.1 Å². The van der Waals surface area contributed by atoms with Gasteiger partial charge in [0.1, 0.15) is 6.04 Å². The SMILES string of the molecule is O=C(CC(C(=O)O)N(CCO)Cc1ccccc1)NCc1ccccc1. The Morgan fingerprint density at radius 3 is 2.08 bits per heavy atom. The van der Waals surface area contributed by atoms with Gasteiger partial charge < -0.3 is 15.5 Å². The number of benzene rings is 2. The highest BCUT2D eigenvalue weighted by Gasteiger charge is 2.28. The van der Waals surface area contributed by atoms with E-state index in [1.807, 2.05) is 60.7 Å². The molecule has 2 aromatic rings. The van der Waals surface area contributed by atoms with E-state index in [4.69, 9.17) is 0 Å². The Labute approximate surface area is 153 Å². The molecule has 0 saturated heterocycles. The van der Waals surface area contributed by atoms with Crippen LogP contribution in [0.25, 0.3) is 0 Å². The summed E-state index contributed by atoms with van der Waals surface area (Å²) in [5, 5.41) is 21.6. The van der Waals surface area contributed by atoms with Crippen LogP contribution in [0.1, 0.15) is 17.5 Å². The molecule has 0 fully saturated rings. The molecule has 6 heteroatoms. The first-order chi connectivity index (χ1) is 12.6. The molecule has 0 heterocycles. The van der Waals surface area contributed by atoms with Crippen LogP contribution in [0, 0.1) is 0 Å². The van der Waals surface area contributed by atoms with Crippen molar-refractivity contribution in [2.45, 2.75) is 25.6 Å². The predicted octanol–water partition coefficient (Wildman–Crippen LogP) is 1.64. The highest BCUT2D eigenvalue weighted by Crippen LogP contribution is 2.12. The third kappa shape index (κ3) is 6.31. The van der Waals surface area contributed by atoms with Crippen LogP contribution in [-0.4, -0.2) is 46.2 Å². The Bertz CT molecular complexity index is 691. The lowest BCUT2D eigenvalue weighted by atomic mass is 10.1. The molecule has 1 amide bonds. The molecule has 26 heavy (non-hydrogen) atoms. The molecular weight excluding hydrogens is 332 g/mol. The number of aliphatic carboxylic acids is 1. The molecule has 1 unspecified atom stereocenters. The Morgan fingerprint density at radius 2 is 1.54 bits per heavy atom. The van der Waals surface area contributed by atoms with Crippen molar-refractivity contribution in [1.82, 2.24) is 10.2 Å². The summed E-state index contributed by atoms with van der Waals surface area (Å²) in [7, 11) is 0. The van der Waals surface area contributed by atoms with E-state index in [2.05, 4.69) is 5.32 Å². The number of amides is 1. The van der Waals surface area contributed by atoms with Gasteiger partial charge in [-0.1, -0.05) is 60.7 Å². The normalized spacial score (nSPS) is 11.9. The van der Waals surface area contributed by atoms with Crippen LogP contribution in [0.5, 0.6) is 0 Å². The third-order valence-electron chi connectivity index (χ3n) is 4.05. The fourth-order valence-corrected chi connectivity index (χ4v) is 2.71. The quantitative estimate of drug-likeness (QED) is 0.602. The number of rotatable bonds is 10. The molecule has 0 saturated carbocycles. The minimum absolute atomic E-state index is 0.172. The summed E-state index contributed by atoms with van der Waals surface area (Å²) in [5.74, 6) is -1.42. The minimum atomic E-state index is -1.08. The number of aliphatic hydroxyl groups is 1. The van der Waals surface area contributed by atoms with E-state index in [1.54, 1.807) is 4.90 Å². The number of carbonyl (C=O) groups is 2. The molecule has 6 nitrogen and oxygen atoms in total. The van der Waals surface area contributed by atoms with Gasteiger partial charge in [0.05, 0.1) is 13.0 Å². The molecule has 138 valence electrons. The third-order valence-corrected chi connectivity index (χ3v) is 4.05. The molecule has 0 aromatic heterocycles. The van der Waals surface area contributed by atoms with E-state index in [-0.39, 0.29) is 25.5 Å². The Balaban J connectivity index is 1.99. The van der Waals surface area contributed by atoms with Gasteiger partial charge in [0, 0.05) is 19.6 Å². The Hall–Kier alpha value is -2.70. The zero-order valence-corrected chi connectivity index (χ0v) is 14.5. The lowest BCUT2D eigenvalue weighted by Gasteiger charge is -2.28. The van der Waals surface area contributed by atoms with Crippen molar-refractivity contribution in [3.8, 4) is 0 Å². The van der Waals surface area contributed by atoms with Crippen molar-refractivity contribution in [1.29, 1.82) is 0 Å². The molecular formula is C20H24N2O4. The second-order valence-electron chi connectivity index (χ2n) is 6.00. The highest BCUT2D eigenvalue weighted by atomic mass is 16.4. The van der Waals surface area contributed by atoms with Crippen LogP contribution in [-0.2, 0) is 22.7 Å². The number of hydrogen-bond donors (Lipinski definition) is 3. The molecule has 0 bridgehead atoms. The number of carboxylic acids is 1. The summed E-state index contributed by atoms with van der Waals surface area (Å²) in [4.78, 5) is 25.6. The fourth-order valence-electron chi connectivity index (χ4n) is 2.71. The molecule has 2 rings (SSSR count).